The monoisotopic (exact) mass is 269 g/mol. The summed E-state index contributed by atoms with van der Waals surface area (Å²) in [6.07, 6.45) is 1.13. The van der Waals surface area contributed by atoms with Gasteiger partial charge in [-0.05, 0) is 29.7 Å². The highest BCUT2D eigenvalue weighted by Gasteiger charge is 2.18. The third kappa shape index (κ3) is 3.68. The van der Waals surface area contributed by atoms with Gasteiger partial charge in [-0.3, -0.25) is 4.79 Å². The highest BCUT2D eigenvalue weighted by molar-refractivity contribution is 5.86. The lowest BCUT2D eigenvalue weighted by molar-refractivity contribution is -0.120. The van der Waals surface area contributed by atoms with Crippen molar-refractivity contribution in [2.24, 2.45) is 5.73 Å². The molecule has 3 N–H and O–H groups in total. The Hall–Kier alpha value is -2.13. The fourth-order valence-electron chi connectivity index (χ4n) is 2.24. The largest absolute Gasteiger partial charge is 0.508 e. The molecule has 0 heterocycles. The highest BCUT2D eigenvalue weighted by atomic mass is 16.3. The van der Waals surface area contributed by atoms with Crippen LogP contribution in [-0.2, 0) is 11.2 Å². The van der Waals surface area contributed by atoms with Gasteiger partial charge in [0.15, 0.2) is 0 Å². The van der Waals surface area contributed by atoms with Crippen LogP contribution in [0, 0.1) is 0 Å². The second-order valence-corrected chi connectivity index (χ2v) is 4.83. The first-order valence-corrected chi connectivity index (χ1v) is 6.76. The van der Waals surface area contributed by atoms with E-state index in [0.717, 1.165) is 11.1 Å². The van der Waals surface area contributed by atoms with E-state index < -0.39 is 0 Å². The Morgan fingerprint density at radius 3 is 2.30 bits per heavy atom. The summed E-state index contributed by atoms with van der Waals surface area (Å²) in [5, 5.41) is 9.23. The van der Waals surface area contributed by atoms with Gasteiger partial charge in [0.25, 0.3) is 0 Å². The summed E-state index contributed by atoms with van der Waals surface area (Å²) in [6.45, 7) is 0.332. The number of hydrogen-bond acceptors (Lipinski definition) is 3. The zero-order chi connectivity index (χ0) is 14.4. The lowest BCUT2D eigenvalue weighted by atomic mass is 9.91. The number of benzene rings is 2. The fourth-order valence-corrected chi connectivity index (χ4v) is 2.24. The smallest absolute Gasteiger partial charge is 0.141 e. The summed E-state index contributed by atoms with van der Waals surface area (Å²) in [5.74, 6) is 0.171. The van der Waals surface area contributed by atoms with E-state index in [-0.39, 0.29) is 17.5 Å². The van der Waals surface area contributed by atoms with Gasteiger partial charge in [-0.2, -0.15) is 0 Å². The minimum absolute atomic E-state index is 0.159. The lowest BCUT2D eigenvalue weighted by Crippen LogP contribution is -2.22. The Balaban J connectivity index is 1.98. The molecule has 0 amide bonds. The fraction of sp³-hybridized carbons (Fsp3) is 0.235. The molecule has 0 radical (unpaired) electrons. The molecule has 0 aromatic heterocycles. The molecular weight excluding hydrogens is 250 g/mol. The Bertz CT molecular complexity index is 549. The quantitative estimate of drug-likeness (QED) is 0.847. The Labute approximate surface area is 119 Å². The van der Waals surface area contributed by atoms with Crippen LogP contribution in [0.3, 0.4) is 0 Å². The van der Waals surface area contributed by atoms with Gasteiger partial charge in [-0.15, -0.1) is 0 Å². The molecular formula is C17H19NO2. The number of aryl methyl sites for hydroxylation is 1. The molecule has 0 fully saturated rings. The maximum Gasteiger partial charge on any atom is 0.141 e. The van der Waals surface area contributed by atoms with Crippen molar-refractivity contribution in [2.45, 2.75) is 18.8 Å². The number of carbonyl (C=O) groups is 1. The molecule has 3 heteroatoms. The zero-order valence-corrected chi connectivity index (χ0v) is 11.3. The molecule has 0 spiro atoms. The average molecular weight is 269 g/mol. The topological polar surface area (TPSA) is 63.3 Å². The summed E-state index contributed by atoms with van der Waals surface area (Å²) < 4.78 is 0. The molecule has 1 unspecified atom stereocenters. The van der Waals surface area contributed by atoms with Crippen molar-refractivity contribution in [3.8, 4) is 5.75 Å². The number of carbonyl (C=O) groups excluding carboxylic acids is 1. The van der Waals surface area contributed by atoms with Crippen molar-refractivity contribution in [1.82, 2.24) is 0 Å². The third-order valence-electron chi connectivity index (χ3n) is 3.42. The zero-order valence-electron chi connectivity index (χ0n) is 11.3. The van der Waals surface area contributed by atoms with Crippen molar-refractivity contribution in [3.63, 3.8) is 0 Å². The van der Waals surface area contributed by atoms with E-state index in [1.54, 1.807) is 12.1 Å². The first kappa shape index (κ1) is 14.3. The summed E-state index contributed by atoms with van der Waals surface area (Å²) >= 11 is 0. The number of phenolic OH excluding ortho intramolecular Hbond substituents is 1. The molecule has 2 aromatic rings. The second-order valence-electron chi connectivity index (χ2n) is 4.83. The van der Waals surface area contributed by atoms with Gasteiger partial charge in [-0.1, -0.05) is 42.5 Å². The van der Waals surface area contributed by atoms with Gasteiger partial charge in [-0.25, -0.2) is 0 Å². The van der Waals surface area contributed by atoms with Crippen molar-refractivity contribution in [3.05, 3.63) is 65.7 Å². The molecule has 0 saturated heterocycles. The number of nitrogens with two attached hydrogens (primary N) is 1. The molecule has 0 aliphatic rings. The van der Waals surface area contributed by atoms with Crippen molar-refractivity contribution < 1.29 is 9.90 Å². The van der Waals surface area contributed by atoms with Crippen LogP contribution < -0.4 is 5.73 Å². The van der Waals surface area contributed by atoms with Gasteiger partial charge >= 0.3 is 0 Å². The molecule has 0 saturated carbocycles. The van der Waals surface area contributed by atoms with Crippen molar-refractivity contribution in [2.75, 3.05) is 6.54 Å². The summed E-state index contributed by atoms with van der Waals surface area (Å²) in [4.78, 5) is 12.3. The Kier molecular flexibility index (Phi) is 4.91. The third-order valence-corrected chi connectivity index (χ3v) is 3.42. The molecule has 20 heavy (non-hydrogen) atoms. The van der Waals surface area contributed by atoms with Crippen LogP contribution in [0.2, 0.25) is 0 Å². The second kappa shape index (κ2) is 6.87. The Morgan fingerprint density at radius 2 is 1.70 bits per heavy atom. The summed E-state index contributed by atoms with van der Waals surface area (Å²) in [5.41, 5.74) is 7.76. The highest BCUT2D eigenvalue weighted by Crippen LogP contribution is 2.19. The molecule has 0 aliphatic heterocycles. The van der Waals surface area contributed by atoms with Crippen LogP contribution in [-0.4, -0.2) is 17.4 Å². The molecule has 1 atom stereocenters. The number of Topliss-reactive ketones (excluding diaryl/α,β-unsaturated/α-hetero) is 1. The number of phenols is 1. The minimum atomic E-state index is -0.228. The number of hydrogen-bond donors (Lipinski definition) is 2. The SMILES string of the molecule is NCC(C(=O)CCc1ccc(O)cc1)c1ccccc1. The van der Waals surface area contributed by atoms with Crippen LogP contribution in [0.25, 0.3) is 0 Å². The van der Waals surface area contributed by atoms with Crippen molar-refractivity contribution in [1.29, 1.82) is 0 Å². The number of ketones is 1. The van der Waals surface area contributed by atoms with Gasteiger partial charge in [0, 0.05) is 13.0 Å². The van der Waals surface area contributed by atoms with E-state index in [4.69, 9.17) is 5.73 Å². The number of rotatable bonds is 6. The van der Waals surface area contributed by atoms with E-state index in [9.17, 15) is 9.90 Å². The van der Waals surface area contributed by atoms with Crippen LogP contribution in [0.4, 0.5) is 0 Å². The average Bonchev–Trinajstić information content (AvgIpc) is 2.48. The van der Waals surface area contributed by atoms with Gasteiger partial charge in [0.2, 0.25) is 0 Å². The molecule has 0 aliphatic carbocycles. The molecule has 104 valence electrons. The maximum absolute atomic E-state index is 12.3. The van der Waals surface area contributed by atoms with E-state index >= 15 is 0 Å². The van der Waals surface area contributed by atoms with Crippen molar-refractivity contribution >= 4 is 5.78 Å². The molecule has 0 bridgehead atoms. The van der Waals surface area contributed by atoms with Gasteiger partial charge in [0.1, 0.15) is 11.5 Å². The predicted octanol–water partition coefficient (Wildman–Crippen LogP) is 2.64. The van der Waals surface area contributed by atoms with E-state index in [2.05, 4.69) is 0 Å². The predicted molar refractivity (Wildman–Crippen MR) is 79.7 cm³/mol. The standard InChI is InChI=1S/C17H19NO2/c18-12-16(14-4-2-1-3-5-14)17(20)11-8-13-6-9-15(19)10-7-13/h1-7,9-10,16,19H,8,11-12,18H2. The van der Waals surface area contributed by atoms with Gasteiger partial charge < -0.3 is 10.8 Å². The van der Waals surface area contributed by atoms with Crippen LogP contribution in [0.1, 0.15) is 23.5 Å². The normalized spacial score (nSPS) is 12.1. The van der Waals surface area contributed by atoms with Gasteiger partial charge in [0.05, 0.1) is 5.92 Å². The first-order valence-electron chi connectivity index (χ1n) is 6.76. The van der Waals surface area contributed by atoms with Crippen LogP contribution in [0.15, 0.2) is 54.6 Å². The van der Waals surface area contributed by atoms with E-state index in [1.807, 2.05) is 42.5 Å². The summed E-state index contributed by atoms with van der Waals surface area (Å²) in [6, 6.07) is 16.6. The van der Waals surface area contributed by atoms with E-state index in [0.29, 0.717) is 19.4 Å². The molecule has 2 aromatic carbocycles. The maximum atomic E-state index is 12.3. The summed E-state index contributed by atoms with van der Waals surface area (Å²) in [7, 11) is 0. The Morgan fingerprint density at radius 1 is 1.05 bits per heavy atom. The van der Waals surface area contributed by atoms with Crippen LogP contribution in [0.5, 0.6) is 5.75 Å². The lowest BCUT2D eigenvalue weighted by Gasteiger charge is -2.14. The first-order chi connectivity index (χ1) is 9.70. The molecule has 3 nitrogen and oxygen atoms in total. The van der Waals surface area contributed by atoms with Crippen LogP contribution >= 0.6 is 0 Å². The van der Waals surface area contributed by atoms with E-state index in [1.165, 1.54) is 0 Å². The number of aromatic hydroxyl groups is 1. The molecule has 2 rings (SSSR count). The minimum Gasteiger partial charge on any atom is -0.508 e.